The van der Waals surface area contributed by atoms with Crippen LogP contribution >= 0.6 is 0 Å². The fourth-order valence-corrected chi connectivity index (χ4v) is 3.01. The summed E-state index contributed by atoms with van der Waals surface area (Å²) >= 11 is -2.16. The van der Waals surface area contributed by atoms with Crippen LogP contribution < -0.4 is 21.1 Å². The first-order valence-corrected chi connectivity index (χ1v) is 10.7. The minimum atomic E-state index is -2.16. The van der Waals surface area contributed by atoms with E-state index in [1.165, 1.54) is 13.8 Å². The Hall–Kier alpha value is -2.96. The summed E-state index contributed by atoms with van der Waals surface area (Å²) in [5, 5.41) is 5.20. The second-order valence-corrected chi connectivity index (χ2v) is 8.07. The largest absolute Gasteiger partial charge is 0.429 e. The van der Waals surface area contributed by atoms with Crippen LogP contribution in [0.3, 0.4) is 0 Å². The van der Waals surface area contributed by atoms with Crippen LogP contribution in [0.15, 0.2) is 30.5 Å². The molecule has 2 amide bonds. The fourth-order valence-electron chi connectivity index (χ4n) is 2.67. The highest BCUT2D eigenvalue weighted by Gasteiger charge is 2.21. The molecule has 2 aromatic rings. The van der Waals surface area contributed by atoms with E-state index in [4.69, 9.17) is 15.0 Å². The van der Waals surface area contributed by atoms with E-state index in [9.17, 15) is 13.8 Å². The van der Waals surface area contributed by atoms with Crippen molar-refractivity contribution in [3.63, 3.8) is 0 Å². The Balaban J connectivity index is 2.06. The number of aromatic nitrogens is 2. The van der Waals surface area contributed by atoms with E-state index in [0.29, 0.717) is 17.9 Å². The molecule has 1 aromatic heterocycles. The SMILES string of the molecule is CCc1cnc([C@H](Cc2ccc(NS(=O)O)cc2)NC(=O)CNC(=O)OC(C)(C)N)[nH]1. The smallest absolute Gasteiger partial charge is 0.409 e. The number of alkyl carbamates (subject to hydrolysis) is 1. The predicted molar refractivity (Wildman–Crippen MR) is 116 cm³/mol. The summed E-state index contributed by atoms with van der Waals surface area (Å²) in [6.45, 7) is 4.72. The molecule has 11 nitrogen and oxygen atoms in total. The third kappa shape index (κ3) is 8.74. The van der Waals surface area contributed by atoms with Gasteiger partial charge in [-0.05, 0) is 44.4 Å². The number of ether oxygens (including phenoxy) is 1. The number of H-pyrrole nitrogens is 1. The van der Waals surface area contributed by atoms with Crippen LogP contribution in [-0.2, 0) is 33.6 Å². The van der Waals surface area contributed by atoms with Crippen LogP contribution in [0.5, 0.6) is 0 Å². The molecule has 31 heavy (non-hydrogen) atoms. The first kappa shape index (κ1) is 24.3. The molecular weight excluding hydrogens is 424 g/mol. The second kappa shape index (κ2) is 10.9. The molecule has 1 heterocycles. The molecule has 0 saturated carbocycles. The van der Waals surface area contributed by atoms with Gasteiger partial charge in [-0.25, -0.2) is 14.0 Å². The Kier molecular flexibility index (Phi) is 8.54. The standard InChI is InChI=1S/C19H28N6O5S/c1-4-13-10-21-17(23-13)15(9-12-5-7-14(8-6-12)25-31(28)29)24-16(26)11-22-18(27)30-19(2,3)20/h5-8,10,15,25H,4,9,11,20H2,1-3H3,(H,21,23)(H,22,27)(H,24,26)(H,28,29)/t15-/m0/s1. The molecule has 1 unspecified atom stereocenters. The van der Waals surface area contributed by atoms with E-state index in [1.807, 2.05) is 6.92 Å². The van der Waals surface area contributed by atoms with E-state index in [-0.39, 0.29) is 6.54 Å². The number of hydrogen-bond donors (Lipinski definition) is 6. The number of rotatable bonds is 10. The van der Waals surface area contributed by atoms with E-state index in [2.05, 4.69) is 25.3 Å². The Morgan fingerprint density at radius 2 is 2.00 bits per heavy atom. The molecule has 2 atom stereocenters. The summed E-state index contributed by atoms with van der Waals surface area (Å²) in [6.07, 6.45) is 2.08. The number of benzene rings is 1. The zero-order valence-corrected chi connectivity index (χ0v) is 18.4. The molecule has 12 heteroatoms. The molecule has 0 aliphatic heterocycles. The van der Waals surface area contributed by atoms with Gasteiger partial charge >= 0.3 is 6.09 Å². The average Bonchev–Trinajstić information content (AvgIpc) is 3.15. The van der Waals surface area contributed by atoms with Crippen LogP contribution in [0.25, 0.3) is 0 Å². The van der Waals surface area contributed by atoms with Gasteiger partial charge in [0.25, 0.3) is 11.3 Å². The number of hydrogen-bond acceptors (Lipinski definition) is 6. The van der Waals surface area contributed by atoms with Gasteiger partial charge in [0.05, 0.1) is 6.04 Å². The van der Waals surface area contributed by atoms with E-state index < -0.39 is 35.0 Å². The molecule has 170 valence electrons. The second-order valence-electron chi connectivity index (χ2n) is 7.37. The number of nitrogens with zero attached hydrogens (tertiary/aromatic N) is 1. The number of anilines is 1. The van der Waals surface area contributed by atoms with Crippen molar-refractivity contribution >= 4 is 29.0 Å². The van der Waals surface area contributed by atoms with Crippen molar-refractivity contribution in [2.24, 2.45) is 5.73 Å². The maximum absolute atomic E-state index is 12.4. The van der Waals surface area contributed by atoms with Gasteiger partial charge in [-0.3, -0.25) is 19.8 Å². The molecule has 0 aliphatic rings. The summed E-state index contributed by atoms with van der Waals surface area (Å²) in [7, 11) is 0. The Labute approximate surface area is 183 Å². The molecule has 0 aliphatic carbocycles. The molecular formula is C19H28N6O5S. The highest BCUT2D eigenvalue weighted by Crippen LogP contribution is 2.18. The summed E-state index contributed by atoms with van der Waals surface area (Å²) in [5.41, 5.74) is 6.73. The van der Waals surface area contributed by atoms with Crippen LogP contribution in [-0.4, -0.2) is 43.0 Å². The maximum atomic E-state index is 12.4. The van der Waals surface area contributed by atoms with E-state index in [0.717, 1.165) is 17.7 Å². The van der Waals surface area contributed by atoms with Gasteiger partial charge in [-0.2, -0.15) is 0 Å². The lowest BCUT2D eigenvalue weighted by Gasteiger charge is -2.20. The number of amides is 2. The third-order valence-electron chi connectivity index (χ3n) is 4.04. The molecule has 0 bridgehead atoms. The number of nitrogens with one attached hydrogen (secondary N) is 4. The lowest BCUT2D eigenvalue weighted by atomic mass is 10.0. The molecule has 7 N–H and O–H groups in total. The van der Waals surface area contributed by atoms with Gasteiger partial charge in [0, 0.05) is 17.6 Å². The fraction of sp³-hybridized carbons (Fsp3) is 0.421. The number of nitrogens with two attached hydrogens (primary N) is 1. The van der Waals surface area contributed by atoms with Crippen LogP contribution in [0.1, 0.15) is 43.9 Å². The minimum Gasteiger partial charge on any atom is -0.429 e. The van der Waals surface area contributed by atoms with Gasteiger partial charge in [0.2, 0.25) is 5.91 Å². The average molecular weight is 453 g/mol. The van der Waals surface area contributed by atoms with E-state index >= 15 is 0 Å². The summed E-state index contributed by atoms with van der Waals surface area (Å²) in [6, 6.07) is 6.39. The van der Waals surface area contributed by atoms with Crippen molar-refractivity contribution in [1.29, 1.82) is 0 Å². The maximum Gasteiger partial charge on any atom is 0.409 e. The zero-order valence-electron chi connectivity index (χ0n) is 17.6. The van der Waals surface area contributed by atoms with Crippen molar-refractivity contribution in [3.05, 3.63) is 47.5 Å². The highest BCUT2D eigenvalue weighted by atomic mass is 32.2. The predicted octanol–water partition coefficient (Wildman–Crippen LogP) is 1.34. The van der Waals surface area contributed by atoms with Crippen molar-refractivity contribution in [2.45, 2.75) is 45.4 Å². The summed E-state index contributed by atoms with van der Waals surface area (Å²) < 4.78 is 27.0. The van der Waals surface area contributed by atoms with Gasteiger partial charge in [-0.1, -0.05) is 19.1 Å². The Bertz CT molecular complexity index is 909. The number of aryl methyl sites for hydroxylation is 1. The lowest BCUT2D eigenvalue weighted by molar-refractivity contribution is -0.121. The minimum absolute atomic E-state index is 0.294. The number of carbonyl (C=O) groups excluding carboxylic acids is 2. The molecule has 2 rings (SSSR count). The Morgan fingerprint density at radius 1 is 1.32 bits per heavy atom. The summed E-state index contributed by atoms with van der Waals surface area (Å²) in [4.78, 5) is 31.7. The molecule has 0 saturated heterocycles. The van der Waals surface area contributed by atoms with Crippen molar-refractivity contribution in [1.82, 2.24) is 20.6 Å². The monoisotopic (exact) mass is 452 g/mol. The molecule has 0 spiro atoms. The quantitative estimate of drug-likeness (QED) is 0.233. The van der Waals surface area contributed by atoms with Gasteiger partial charge in [0.15, 0.2) is 5.72 Å². The summed E-state index contributed by atoms with van der Waals surface area (Å²) in [5.74, 6) is 0.148. The van der Waals surface area contributed by atoms with Crippen molar-refractivity contribution < 1.29 is 23.1 Å². The topological polar surface area (TPSA) is 171 Å². The Morgan fingerprint density at radius 3 is 2.55 bits per heavy atom. The normalized spacial score (nSPS) is 13.2. The van der Waals surface area contributed by atoms with Gasteiger partial charge in [-0.15, -0.1) is 0 Å². The molecule has 0 radical (unpaired) electrons. The van der Waals surface area contributed by atoms with Crippen LogP contribution in [0.2, 0.25) is 0 Å². The number of aromatic amines is 1. The van der Waals surface area contributed by atoms with Crippen molar-refractivity contribution in [2.75, 3.05) is 11.3 Å². The highest BCUT2D eigenvalue weighted by molar-refractivity contribution is 7.80. The van der Waals surface area contributed by atoms with Crippen LogP contribution in [0, 0.1) is 0 Å². The van der Waals surface area contributed by atoms with E-state index in [1.54, 1.807) is 30.5 Å². The van der Waals surface area contributed by atoms with Gasteiger partial charge < -0.3 is 20.4 Å². The zero-order chi connectivity index (χ0) is 23.0. The number of imidazole rings is 1. The first-order chi connectivity index (χ1) is 14.6. The van der Waals surface area contributed by atoms with Crippen LogP contribution in [0.4, 0.5) is 10.5 Å². The number of carbonyl (C=O) groups is 2. The molecule has 0 fully saturated rings. The van der Waals surface area contributed by atoms with Gasteiger partial charge in [0.1, 0.15) is 12.4 Å². The molecule has 1 aromatic carbocycles. The third-order valence-corrected chi connectivity index (χ3v) is 4.45. The van der Waals surface area contributed by atoms with Crippen molar-refractivity contribution in [3.8, 4) is 0 Å². The lowest BCUT2D eigenvalue weighted by Crippen LogP contribution is -2.44. The first-order valence-electron chi connectivity index (χ1n) is 9.61.